The summed E-state index contributed by atoms with van der Waals surface area (Å²) >= 11 is 0. The molecule has 1 aromatic heterocycles. The maximum atomic E-state index is 12.8. The Hall–Kier alpha value is -3.42. The van der Waals surface area contributed by atoms with Crippen molar-refractivity contribution in [3.05, 3.63) is 47.0 Å². The summed E-state index contributed by atoms with van der Waals surface area (Å²) < 4.78 is 1.58. The highest BCUT2D eigenvalue weighted by molar-refractivity contribution is 6.07. The number of nitrogens with zero attached hydrogens (tertiary/aromatic N) is 3. The number of benzene rings is 1. The van der Waals surface area contributed by atoms with Crippen LogP contribution in [-0.2, 0) is 4.79 Å². The largest absolute Gasteiger partial charge is 0.383 e. The Kier molecular flexibility index (Phi) is 6.25. The van der Waals surface area contributed by atoms with E-state index in [1.165, 1.54) is 5.57 Å². The minimum Gasteiger partial charge on any atom is -0.383 e. The molecule has 0 fully saturated rings. The minimum atomic E-state index is -0.624. The number of primary amides is 1. The van der Waals surface area contributed by atoms with Crippen LogP contribution in [0.2, 0.25) is 0 Å². The number of aromatic nitrogens is 2. The van der Waals surface area contributed by atoms with Crippen LogP contribution < -0.4 is 16.8 Å². The van der Waals surface area contributed by atoms with Crippen molar-refractivity contribution in [2.45, 2.75) is 53.5 Å². The van der Waals surface area contributed by atoms with E-state index in [1.807, 2.05) is 51.1 Å². The summed E-state index contributed by atoms with van der Waals surface area (Å²) in [6, 6.07) is 7.32. The molecule has 0 aliphatic carbocycles. The van der Waals surface area contributed by atoms with Gasteiger partial charge in [0.1, 0.15) is 22.9 Å². The quantitative estimate of drug-likeness (QED) is 0.663. The summed E-state index contributed by atoms with van der Waals surface area (Å²) in [7, 11) is 0. The minimum absolute atomic E-state index is 0.0174. The first kappa shape index (κ1) is 23.2. The molecular formula is C24H32N6O2. The molecule has 32 heavy (non-hydrogen) atoms. The molecule has 8 nitrogen and oxygen atoms in total. The molecule has 2 aromatic rings. The zero-order valence-corrected chi connectivity index (χ0v) is 19.6. The Balaban J connectivity index is 1.79. The van der Waals surface area contributed by atoms with Gasteiger partial charge in [0.2, 0.25) is 5.91 Å². The van der Waals surface area contributed by atoms with E-state index in [2.05, 4.69) is 36.2 Å². The van der Waals surface area contributed by atoms with E-state index in [-0.39, 0.29) is 34.7 Å². The summed E-state index contributed by atoms with van der Waals surface area (Å²) in [5.41, 5.74) is 15.1. The number of hydrogen-bond donors (Lipinski definition) is 3. The number of amides is 2. The van der Waals surface area contributed by atoms with Crippen molar-refractivity contribution < 1.29 is 9.59 Å². The Morgan fingerprint density at radius 3 is 2.25 bits per heavy atom. The lowest BCUT2D eigenvalue weighted by atomic mass is 9.87. The van der Waals surface area contributed by atoms with Gasteiger partial charge in [0.25, 0.3) is 5.91 Å². The highest BCUT2D eigenvalue weighted by Gasteiger charge is 2.25. The third-order valence-electron chi connectivity index (χ3n) is 5.71. The molecule has 1 aliphatic rings. The van der Waals surface area contributed by atoms with Gasteiger partial charge in [-0.3, -0.25) is 14.6 Å². The highest BCUT2D eigenvalue weighted by Crippen LogP contribution is 2.30. The fourth-order valence-electron chi connectivity index (χ4n) is 3.56. The second-order valence-corrected chi connectivity index (χ2v) is 9.47. The van der Waals surface area contributed by atoms with Crippen LogP contribution in [0.25, 0.3) is 11.3 Å². The molecule has 3 rings (SSSR count). The number of nitrogens with two attached hydrogens (primary N) is 2. The lowest BCUT2D eigenvalue weighted by Crippen LogP contribution is -2.32. The van der Waals surface area contributed by atoms with Crippen LogP contribution in [-0.4, -0.2) is 34.0 Å². The van der Waals surface area contributed by atoms with Gasteiger partial charge in [-0.15, -0.1) is 0 Å². The molecule has 170 valence electrons. The van der Waals surface area contributed by atoms with Gasteiger partial charge >= 0.3 is 0 Å². The maximum Gasteiger partial charge on any atom is 0.254 e. The third-order valence-corrected chi connectivity index (χ3v) is 5.71. The van der Waals surface area contributed by atoms with Gasteiger partial charge in [0, 0.05) is 11.6 Å². The first-order valence-electron chi connectivity index (χ1n) is 10.7. The van der Waals surface area contributed by atoms with Crippen LogP contribution in [0.5, 0.6) is 0 Å². The summed E-state index contributed by atoms with van der Waals surface area (Å²) in [5, 5.41) is 7.41. The van der Waals surface area contributed by atoms with E-state index in [0.29, 0.717) is 23.6 Å². The van der Waals surface area contributed by atoms with E-state index in [1.54, 1.807) is 4.68 Å². The Labute approximate surface area is 188 Å². The van der Waals surface area contributed by atoms with Gasteiger partial charge in [-0.2, -0.15) is 5.10 Å². The Bertz CT molecular complexity index is 1100. The molecular weight excluding hydrogens is 404 g/mol. The van der Waals surface area contributed by atoms with E-state index in [4.69, 9.17) is 11.5 Å². The smallest absolute Gasteiger partial charge is 0.254 e. The average Bonchev–Trinajstić information content (AvgIpc) is 3.32. The first-order valence-corrected chi connectivity index (χ1v) is 10.7. The number of carbonyl (C=O) groups is 2. The predicted octanol–water partition coefficient (Wildman–Crippen LogP) is 3.42. The van der Waals surface area contributed by atoms with E-state index >= 15 is 0 Å². The molecule has 1 atom stereocenters. The van der Waals surface area contributed by atoms with Crippen LogP contribution in [0.4, 0.5) is 5.82 Å². The maximum absolute atomic E-state index is 12.8. The zero-order valence-electron chi connectivity index (χ0n) is 19.6. The molecule has 0 spiro atoms. The van der Waals surface area contributed by atoms with Crippen molar-refractivity contribution in [1.82, 2.24) is 15.1 Å². The van der Waals surface area contributed by atoms with Gasteiger partial charge in [-0.05, 0) is 43.4 Å². The molecule has 0 radical (unpaired) electrons. The second kappa shape index (κ2) is 8.61. The molecule has 0 saturated carbocycles. The second-order valence-electron chi connectivity index (χ2n) is 9.47. The van der Waals surface area contributed by atoms with Crippen LogP contribution in [0.3, 0.4) is 0 Å². The van der Waals surface area contributed by atoms with Crippen molar-refractivity contribution in [2.75, 3.05) is 12.3 Å². The molecule has 1 unspecified atom stereocenters. The highest BCUT2D eigenvalue weighted by atomic mass is 16.2. The molecule has 1 aliphatic heterocycles. The van der Waals surface area contributed by atoms with Gasteiger partial charge in [-0.25, -0.2) is 4.68 Å². The lowest BCUT2D eigenvalue weighted by Gasteiger charge is -2.18. The number of carbonyl (C=O) groups excluding carboxylic acids is 2. The average molecular weight is 437 g/mol. The standard InChI is InChI=1S/C24H32N6O2/c1-13(2)30-21(25)19(22(26)31)20(29-30)16-9-7-15(8-10-16)14(3)23(32)28-18-11-17(12-27-18)24(4,5)6/h7-11,13-14H,12,25H2,1-6H3,(H2,26,31)(H,27,28,32). The van der Waals surface area contributed by atoms with Crippen LogP contribution in [0.1, 0.15) is 69.4 Å². The SMILES string of the molecule is CC(C(=O)NC1=NCC(C(C)(C)C)=C1)c1ccc(-c2nn(C(C)C)c(N)c2C(N)=O)cc1. The monoisotopic (exact) mass is 436 g/mol. The number of nitrogens with one attached hydrogen (secondary N) is 1. The number of anilines is 1. The first-order chi connectivity index (χ1) is 14.9. The van der Waals surface area contributed by atoms with Crippen molar-refractivity contribution in [3.8, 4) is 11.3 Å². The topological polar surface area (TPSA) is 128 Å². The molecule has 2 amide bonds. The third kappa shape index (κ3) is 4.59. The number of hydrogen-bond acceptors (Lipinski definition) is 5. The van der Waals surface area contributed by atoms with Gasteiger partial charge in [0.05, 0.1) is 12.5 Å². The summed E-state index contributed by atoms with van der Waals surface area (Å²) in [5.74, 6) is -0.286. The van der Waals surface area contributed by atoms with E-state index in [9.17, 15) is 9.59 Å². The normalized spacial score (nSPS) is 14.8. The fraction of sp³-hybridized carbons (Fsp3) is 0.417. The number of nitrogen functional groups attached to an aromatic ring is 1. The predicted molar refractivity (Wildman–Crippen MR) is 127 cm³/mol. The summed E-state index contributed by atoms with van der Waals surface area (Å²) in [6.45, 7) is 12.7. The molecule has 0 bridgehead atoms. The van der Waals surface area contributed by atoms with Gasteiger partial charge in [0.15, 0.2) is 0 Å². The van der Waals surface area contributed by atoms with Gasteiger partial charge in [-0.1, -0.05) is 45.0 Å². The Morgan fingerprint density at radius 1 is 1.12 bits per heavy atom. The summed E-state index contributed by atoms with van der Waals surface area (Å²) in [4.78, 5) is 29.2. The molecule has 8 heteroatoms. The molecule has 5 N–H and O–H groups in total. The molecule has 1 aromatic carbocycles. The number of aliphatic imine (C=N–C) groups is 1. The number of rotatable bonds is 5. The summed E-state index contributed by atoms with van der Waals surface area (Å²) in [6.07, 6.45) is 1.95. The van der Waals surface area contributed by atoms with Gasteiger partial charge < -0.3 is 16.8 Å². The van der Waals surface area contributed by atoms with Crippen molar-refractivity contribution >= 4 is 23.5 Å². The van der Waals surface area contributed by atoms with Crippen molar-refractivity contribution in [2.24, 2.45) is 16.1 Å². The fourth-order valence-corrected chi connectivity index (χ4v) is 3.56. The Morgan fingerprint density at radius 2 is 1.75 bits per heavy atom. The molecule has 2 heterocycles. The van der Waals surface area contributed by atoms with Crippen LogP contribution >= 0.6 is 0 Å². The van der Waals surface area contributed by atoms with Crippen LogP contribution in [0.15, 0.2) is 40.9 Å². The molecule has 0 saturated heterocycles. The van der Waals surface area contributed by atoms with Crippen LogP contribution in [0, 0.1) is 5.41 Å². The van der Waals surface area contributed by atoms with E-state index in [0.717, 1.165) is 5.56 Å². The zero-order chi connectivity index (χ0) is 23.8. The van der Waals surface area contributed by atoms with Crippen molar-refractivity contribution in [1.29, 1.82) is 0 Å². The van der Waals surface area contributed by atoms with Crippen molar-refractivity contribution in [3.63, 3.8) is 0 Å². The number of amidine groups is 1. The lowest BCUT2D eigenvalue weighted by molar-refractivity contribution is -0.120. The van der Waals surface area contributed by atoms with E-state index < -0.39 is 5.91 Å².